The molecule has 1 N–H and O–H groups in total. The Kier molecular flexibility index (Phi) is 4.41. The van der Waals surface area contributed by atoms with Crippen LogP contribution in [0.15, 0.2) is 71.8 Å². The van der Waals surface area contributed by atoms with Crippen LogP contribution in [0, 0.1) is 0 Å². The first-order valence-corrected chi connectivity index (χ1v) is 9.92. The Bertz CT molecular complexity index is 1380. The Morgan fingerprint density at radius 2 is 1.77 bits per heavy atom. The van der Waals surface area contributed by atoms with E-state index in [1.165, 1.54) is 0 Å². The summed E-state index contributed by atoms with van der Waals surface area (Å²) in [5.41, 5.74) is 2.60. The zero-order chi connectivity index (χ0) is 21.6. The van der Waals surface area contributed by atoms with Crippen LogP contribution in [-0.2, 0) is 21.6 Å². The highest BCUT2D eigenvalue weighted by atomic mass is 16.5. The normalized spacial score (nSPS) is 17.9. The van der Waals surface area contributed by atoms with Crippen molar-refractivity contribution in [1.29, 1.82) is 0 Å². The summed E-state index contributed by atoms with van der Waals surface area (Å²) in [6, 6.07) is 16.9. The fraction of sp³-hybridized carbons (Fsp3) is 0.167. The van der Waals surface area contributed by atoms with Crippen LogP contribution in [0.5, 0.6) is 0 Å². The third-order valence-corrected chi connectivity index (χ3v) is 5.86. The molecule has 0 fully saturated rings. The number of ether oxygens (including phenoxy) is 1. The molecule has 0 aliphatic carbocycles. The number of carbonyl (C=O) groups excluding carboxylic acids is 1. The number of hydrogen-bond donors (Lipinski definition) is 1. The number of hydrogen-bond acceptors (Lipinski definition) is 5. The maximum Gasteiger partial charge on any atom is 0.272 e. The number of aromatic amines is 1. The van der Waals surface area contributed by atoms with Gasteiger partial charge in [-0.3, -0.25) is 19.5 Å². The van der Waals surface area contributed by atoms with Gasteiger partial charge in [0.25, 0.3) is 11.5 Å². The van der Waals surface area contributed by atoms with Gasteiger partial charge in [-0.15, -0.1) is 0 Å². The summed E-state index contributed by atoms with van der Waals surface area (Å²) in [5.74, 6) is -0.164. The largest absolute Gasteiger partial charge is 0.364 e. The Balaban J connectivity index is 1.56. The molecule has 7 heteroatoms. The van der Waals surface area contributed by atoms with Gasteiger partial charge in [0.15, 0.2) is 5.60 Å². The van der Waals surface area contributed by atoms with Crippen molar-refractivity contribution in [3.63, 3.8) is 0 Å². The van der Waals surface area contributed by atoms with Crippen molar-refractivity contribution < 1.29 is 9.53 Å². The molecule has 1 aliphatic rings. The van der Waals surface area contributed by atoms with Gasteiger partial charge in [0.2, 0.25) is 0 Å². The highest BCUT2D eigenvalue weighted by Crippen LogP contribution is 2.45. The molecule has 0 saturated heterocycles. The first kappa shape index (κ1) is 19.1. The fourth-order valence-electron chi connectivity index (χ4n) is 4.16. The van der Waals surface area contributed by atoms with Crippen LogP contribution >= 0.6 is 0 Å². The molecule has 0 radical (unpaired) electrons. The van der Waals surface area contributed by atoms with Crippen molar-refractivity contribution in [3.8, 4) is 0 Å². The zero-order valence-electron chi connectivity index (χ0n) is 17.1. The SMILES string of the molecule is COC1(C)C(=O)N(c2cncc(Cc3n[nH]c(=O)c4ccccc34)c2)c2ccccc21. The van der Waals surface area contributed by atoms with E-state index in [-0.39, 0.29) is 11.5 Å². The average molecular weight is 412 g/mol. The predicted octanol–water partition coefficient (Wildman–Crippen LogP) is 3.45. The van der Waals surface area contributed by atoms with E-state index in [0.717, 1.165) is 27.9 Å². The summed E-state index contributed by atoms with van der Waals surface area (Å²) in [4.78, 5) is 31.4. The topological polar surface area (TPSA) is 88.2 Å². The first-order chi connectivity index (χ1) is 15.0. The summed E-state index contributed by atoms with van der Waals surface area (Å²) >= 11 is 0. The fourth-order valence-corrected chi connectivity index (χ4v) is 4.16. The number of methoxy groups -OCH3 is 1. The van der Waals surface area contributed by atoms with Crippen LogP contribution in [0.4, 0.5) is 11.4 Å². The number of H-pyrrole nitrogens is 1. The molecule has 0 bridgehead atoms. The number of nitrogens with zero attached hydrogens (tertiary/aromatic N) is 3. The number of fused-ring (bicyclic) bond motifs is 2. The van der Waals surface area contributed by atoms with Gasteiger partial charge in [-0.05, 0) is 30.7 Å². The molecule has 5 rings (SSSR count). The van der Waals surface area contributed by atoms with Crippen molar-refractivity contribution in [2.45, 2.75) is 18.9 Å². The molecule has 1 amide bonds. The Hall–Kier alpha value is -3.84. The van der Waals surface area contributed by atoms with Gasteiger partial charge < -0.3 is 4.74 Å². The number of nitrogens with one attached hydrogen (secondary N) is 1. The summed E-state index contributed by atoms with van der Waals surface area (Å²) in [6.07, 6.45) is 3.87. The van der Waals surface area contributed by atoms with Gasteiger partial charge in [0.05, 0.1) is 28.7 Å². The molecule has 31 heavy (non-hydrogen) atoms. The Labute approximate surface area is 178 Å². The number of benzene rings is 2. The first-order valence-electron chi connectivity index (χ1n) is 9.92. The standard InChI is InChI=1S/C24H20N4O3/c1-24(31-2)19-9-5-6-10-21(19)28(23(24)30)16-11-15(13-25-14-16)12-20-17-7-3-4-8-18(17)22(29)27-26-20/h3-11,13-14H,12H2,1-2H3,(H,27,29). The summed E-state index contributed by atoms with van der Waals surface area (Å²) in [5, 5.41) is 8.21. The maximum absolute atomic E-state index is 13.3. The number of amides is 1. The highest BCUT2D eigenvalue weighted by molar-refractivity contribution is 6.11. The lowest BCUT2D eigenvalue weighted by Gasteiger charge is -2.23. The van der Waals surface area contributed by atoms with Gasteiger partial charge in [0.1, 0.15) is 0 Å². The molecule has 2 aromatic heterocycles. The van der Waals surface area contributed by atoms with E-state index in [4.69, 9.17) is 4.74 Å². The minimum Gasteiger partial charge on any atom is -0.364 e. The van der Waals surface area contributed by atoms with Crippen molar-refractivity contribution >= 4 is 28.1 Å². The number of carbonyl (C=O) groups is 1. The molecule has 3 heterocycles. The molecule has 4 aromatic rings. The number of para-hydroxylation sites is 1. The Morgan fingerprint density at radius 3 is 2.58 bits per heavy atom. The van der Waals surface area contributed by atoms with Gasteiger partial charge in [-0.1, -0.05) is 36.4 Å². The van der Waals surface area contributed by atoms with E-state index in [1.54, 1.807) is 37.4 Å². The maximum atomic E-state index is 13.3. The van der Waals surface area contributed by atoms with E-state index in [0.29, 0.717) is 17.5 Å². The average Bonchev–Trinajstić information content (AvgIpc) is 3.03. The monoisotopic (exact) mass is 412 g/mol. The third-order valence-electron chi connectivity index (χ3n) is 5.86. The lowest BCUT2D eigenvalue weighted by atomic mass is 9.98. The number of pyridine rings is 1. The minimum absolute atomic E-state index is 0.164. The van der Waals surface area contributed by atoms with E-state index in [1.807, 2.05) is 48.5 Å². The van der Waals surface area contributed by atoms with Crippen LogP contribution in [0.2, 0.25) is 0 Å². The molecule has 0 saturated carbocycles. The molecule has 7 nitrogen and oxygen atoms in total. The van der Waals surface area contributed by atoms with Crippen LogP contribution in [0.25, 0.3) is 10.8 Å². The molecule has 0 spiro atoms. The zero-order valence-corrected chi connectivity index (χ0v) is 17.1. The van der Waals surface area contributed by atoms with Gasteiger partial charge in [-0.25, -0.2) is 5.10 Å². The molecular weight excluding hydrogens is 392 g/mol. The minimum atomic E-state index is -1.05. The lowest BCUT2D eigenvalue weighted by Crippen LogP contribution is -2.37. The van der Waals surface area contributed by atoms with E-state index >= 15 is 0 Å². The molecule has 2 aromatic carbocycles. The lowest BCUT2D eigenvalue weighted by molar-refractivity contribution is -0.137. The van der Waals surface area contributed by atoms with Crippen molar-refractivity contribution in [2.24, 2.45) is 0 Å². The van der Waals surface area contributed by atoms with Crippen LogP contribution < -0.4 is 10.5 Å². The highest BCUT2D eigenvalue weighted by Gasteiger charge is 2.48. The second-order valence-corrected chi connectivity index (χ2v) is 7.67. The molecule has 1 atom stereocenters. The van der Waals surface area contributed by atoms with Crippen LogP contribution in [0.1, 0.15) is 23.7 Å². The van der Waals surface area contributed by atoms with Crippen LogP contribution in [0.3, 0.4) is 0 Å². The van der Waals surface area contributed by atoms with E-state index in [2.05, 4.69) is 15.2 Å². The number of rotatable bonds is 4. The van der Waals surface area contributed by atoms with E-state index in [9.17, 15) is 9.59 Å². The predicted molar refractivity (Wildman–Crippen MR) is 117 cm³/mol. The number of aromatic nitrogens is 3. The van der Waals surface area contributed by atoms with Gasteiger partial charge in [0, 0.05) is 30.7 Å². The van der Waals surface area contributed by atoms with Gasteiger partial charge >= 0.3 is 0 Å². The van der Waals surface area contributed by atoms with Gasteiger partial charge in [-0.2, -0.15) is 5.10 Å². The summed E-state index contributed by atoms with van der Waals surface area (Å²) < 4.78 is 5.62. The second-order valence-electron chi connectivity index (χ2n) is 7.67. The van der Waals surface area contributed by atoms with Crippen molar-refractivity contribution in [2.75, 3.05) is 12.0 Å². The third kappa shape index (κ3) is 2.93. The van der Waals surface area contributed by atoms with Crippen LogP contribution in [-0.4, -0.2) is 28.2 Å². The number of anilines is 2. The van der Waals surface area contributed by atoms with E-state index < -0.39 is 5.60 Å². The Morgan fingerprint density at radius 1 is 1.03 bits per heavy atom. The molecule has 1 aliphatic heterocycles. The van der Waals surface area contributed by atoms with Crippen molar-refractivity contribution in [3.05, 3.63) is 94.2 Å². The smallest absolute Gasteiger partial charge is 0.272 e. The summed E-state index contributed by atoms with van der Waals surface area (Å²) in [6.45, 7) is 1.78. The molecule has 154 valence electrons. The summed E-state index contributed by atoms with van der Waals surface area (Å²) in [7, 11) is 1.54. The second kappa shape index (κ2) is 7.14. The molecule has 1 unspecified atom stereocenters. The van der Waals surface area contributed by atoms with Crippen molar-refractivity contribution in [1.82, 2.24) is 15.2 Å². The molecular formula is C24H20N4O3. The quantitative estimate of drug-likeness (QED) is 0.555.